The number of carbonyl (C=O) groups excluding carboxylic acids is 1. The molecule has 0 spiro atoms. The van der Waals surface area contributed by atoms with Gasteiger partial charge in [0.25, 0.3) is 0 Å². The third-order valence-electron chi connectivity index (χ3n) is 3.58. The van der Waals surface area contributed by atoms with Crippen molar-refractivity contribution in [2.45, 2.75) is 33.7 Å². The number of carbonyl (C=O) groups is 1. The van der Waals surface area contributed by atoms with Gasteiger partial charge in [-0.2, -0.15) is 5.10 Å². The molecular formula is C14H25N5O3. The number of hydrogen-bond donors (Lipinski definition) is 1. The SMILES string of the molecule is CCN(CC)CCCNC(=O)C(C)Cn1cc([N+](=O)[O-])cn1. The van der Waals surface area contributed by atoms with Crippen molar-refractivity contribution in [1.29, 1.82) is 0 Å². The van der Waals surface area contributed by atoms with Gasteiger partial charge in [-0.05, 0) is 26.1 Å². The van der Waals surface area contributed by atoms with Gasteiger partial charge < -0.3 is 10.2 Å². The molecule has 1 heterocycles. The van der Waals surface area contributed by atoms with Crippen LogP contribution in [0.2, 0.25) is 0 Å². The molecule has 8 heteroatoms. The lowest BCUT2D eigenvalue weighted by Crippen LogP contribution is -2.34. The van der Waals surface area contributed by atoms with Gasteiger partial charge in [0.05, 0.1) is 17.4 Å². The van der Waals surface area contributed by atoms with E-state index in [1.54, 1.807) is 6.92 Å². The quantitative estimate of drug-likeness (QED) is 0.399. The number of rotatable bonds is 10. The normalized spacial score (nSPS) is 12.4. The molecule has 0 bridgehead atoms. The highest BCUT2D eigenvalue weighted by molar-refractivity contribution is 5.78. The van der Waals surface area contributed by atoms with Crippen molar-refractivity contribution in [2.75, 3.05) is 26.2 Å². The first-order valence-corrected chi connectivity index (χ1v) is 7.64. The molecule has 124 valence electrons. The fraction of sp³-hybridized carbons (Fsp3) is 0.714. The van der Waals surface area contributed by atoms with Crippen molar-refractivity contribution >= 4 is 11.6 Å². The summed E-state index contributed by atoms with van der Waals surface area (Å²) in [6, 6.07) is 0. The molecule has 0 saturated heterocycles. The number of amides is 1. The van der Waals surface area contributed by atoms with Gasteiger partial charge >= 0.3 is 5.69 Å². The van der Waals surface area contributed by atoms with Crippen LogP contribution in [0.15, 0.2) is 12.4 Å². The predicted octanol–water partition coefficient (Wildman–Crippen LogP) is 1.28. The largest absolute Gasteiger partial charge is 0.356 e. The van der Waals surface area contributed by atoms with E-state index in [2.05, 4.69) is 29.2 Å². The van der Waals surface area contributed by atoms with Gasteiger partial charge in [-0.1, -0.05) is 20.8 Å². The van der Waals surface area contributed by atoms with Gasteiger partial charge in [0.2, 0.25) is 5.91 Å². The number of nitro groups is 1. The van der Waals surface area contributed by atoms with E-state index in [-0.39, 0.29) is 17.5 Å². The lowest BCUT2D eigenvalue weighted by Gasteiger charge is -2.18. The third kappa shape index (κ3) is 5.80. The van der Waals surface area contributed by atoms with Crippen molar-refractivity contribution in [1.82, 2.24) is 20.0 Å². The summed E-state index contributed by atoms with van der Waals surface area (Å²) in [6.07, 6.45) is 3.44. The average Bonchev–Trinajstić information content (AvgIpc) is 2.96. The molecule has 1 amide bonds. The minimum absolute atomic E-state index is 0.0577. The molecule has 0 fully saturated rings. The molecule has 0 aliphatic rings. The van der Waals surface area contributed by atoms with Crippen LogP contribution in [-0.4, -0.2) is 51.7 Å². The lowest BCUT2D eigenvalue weighted by molar-refractivity contribution is -0.385. The van der Waals surface area contributed by atoms with Gasteiger partial charge in [-0.15, -0.1) is 0 Å². The van der Waals surface area contributed by atoms with E-state index in [4.69, 9.17) is 0 Å². The molecule has 0 radical (unpaired) electrons. The number of hydrogen-bond acceptors (Lipinski definition) is 5. The first-order chi connectivity index (χ1) is 10.5. The van der Waals surface area contributed by atoms with E-state index in [0.717, 1.165) is 26.1 Å². The maximum absolute atomic E-state index is 12.0. The predicted molar refractivity (Wildman–Crippen MR) is 83.5 cm³/mol. The number of nitrogens with zero attached hydrogens (tertiary/aromatic N) is 4. The van der Waals surface area contributed by atoms with Gasteiger partial charge in [0.1, 0.15) is 12.4 Å². The van der Waals surface area contributed by atoms with Crippen LogP contribution >= 0.6 is 0 Å². The molecule has 1 aromatic rings. The monoisotopic (exact) mass is 311 g/mol. The second kappa shape index (κ2) is 9.14. The minimum atomic E-state index is -0.499. The van der Waals surface area contributed by atoms with E-state index in [1.807, 2.05) is 0 Å². The number of nitrogens with one attached hydrogen (secondary N) is 1. The Kier molecular flexibility index (Phi) is 7.51. The average molecular weight is 311 g/mol. The molecule has 0 saturated carbocycles. The van der Waals surface area contributed by atoms with Crippen molar-refractivity contribution < 1.29 is 9.72 Å². The summed E-state index contributed by atoms with van der Waals surface area (Å²) in [5, 5.41) is 17.4. The molecule has 0 aliphatic heterocycles. The topological polar surface area (TPSA) is 93.3 Å². The molecule has 1 aromatic heterocycles. The van der Waals surface area contributed by atoms with Crippen LogP contribution in [0, 0.1) is 16.0 Å². The summed E-state index contributed by atoms with van der Waals surface area (Å²) in [5.74, 6) is -0.342. The third-order valence-corrected chi connectivity index (χ3v) is 3.58. The van der Waals surface area contributed by atoms with Gasteiger partial charge in [0.15, 0.2) is 0 Å². The van der Waals surface area contributed by atoms with Crippen molar-refractivity contribution in [3.05, 3.63) is 22.5 Å². The zero-order valence-corrected chi connectivity index (χ0v) is 13.5. The van der Waals surface area contributed by atoms with E-state index in [1.165, 1.54) is 17.1 Å². The summed E-state index contributed by atoms with van der Waals surface area (Å²) < 4.78 is 1.43. The van der Waals surface area contributed by atoms with Crippen LogP contribution in [-0.2, 0) is 11.3 Å². The van der Waals surface area contributed by atoms with Crippen molar-refractivity contribution in [2.24, 2.45) is 5.92 Å². The Morgan fingerprint density at radius 3 is 2.73 bits per heavy atom. The van der Waals surface area contributed by atoms with Gasteiger partial charge in [-0.3, -0.25) is 19.6 Å². The Labute approximate surface area is 130 Å². The Morgan fingerprint density at radius 1 is 1.50 bits per heavy atom. The molecule has 1 atom stereocenters. The molecule has 0 aliphatic carbocycles. The van der Waals surface area contributed by atoms with Gasteiger partial charge in [-0.25, -0.2) is 0 Å². The zero-order chi connectivity index (χ0) is 16.5. The van der Waals surface area contributed by atoms with Crippen LogP contribution in [0.4, 0.5) is 5.69 Å². The second-order valence-electron chi connectivity index (χ2n) is 5.25. The minimum Gasteiger partial charge on any atom is -0.356 e. The Hall–Kier alpha value is -1.96. The molecule has 1 N–H and O–H groups in total. The summed E-state index contributed by atoms with van der Waals surface area (Å²) in [7, 11) is 0. The molecule has 0 aromatic carbocycles. The molecule has 22 heavy (non-hydrogen) atoms. The standard InChI is InChI=1S/C14H25N5O3/c1-4-17(5-2)8-6-7-15-14(20)12(3)10-18-11-13(9-16-18)19(21)22/h9,11-12H,4-8,10H2,1-3H3,(H,15,20). The van der Waals surface area contributed by atoms with Crippen LogP contribution in [0.25, 0.3) is 0 Å². The van der Waals surface area contributed by atoms with Crippen LogP contribution < -0.4 is 5.32 Å². The Bertz CT molecular complexity index is 485. The maximum Gasteiger partial charge on any atom is 0.306 e. The second-order valence-corrected chi connectivity index (χ2v) is 5.25. The van der Waals surface area contributed by atoms with E-state index < -0.39 is 4.92 Å². The van der Waals surface area contributed by atoms with Crippen molar-refractivity contribution in [3.8, 4) is 0 Å². The highest BCUT2D eigenvalue weighted by atomic mass is 16.6. The van der Waals surface area contributed by atoms with E-state index in [9.17, 15) is 14.9 Å². The van der Waals surface area contributed by atoms with Crippen LogP contribution in [0.1, 0.15) is 27.2 Å². The fourth-order valence-corrected chi connectivity index (χ4v) is 2.14. The molecule has 1 unspecified atom stereocenters. The number of aromatic nitrogens is 2. The Balaban J connectivity index is 2.31. The van der Waals surface area contributed by atoms with E-state index in [0.29, 0.717) is 13.1 Å². The van der Waals surface area contributed by atoms with Gasteiger partial charge in [0, 0.05) is 6.54 Å². The lowest BCUT2D eigenvalue weighted by atomic mass is 10.1. The first-order valence-electron chi connectivity index (χ1n) is 7.64. The van der Waals surface area contributed by atoms with E-state index >= 15 is 0 Å². The summed E-state index contributed by atoms with van der Waals surface area (Å²) in [5.41, 5.74) is -0.0631. The molecular weight excluding hydrogens is 286 g/mol. The van der Waals surface area contributed by atoms with Crippen LogP contribution in [0.5, 0.6) is 0 Å². The smallest absolute Gasteiger partial charge is 0.306 e. The molecule has 1 rings (SSSR count). The van der Waals surface area contributed by atoms with Crippen molar-refractivity contribution in [3.63, 3.8) is 0 Å². The summed E-state index contributed by atoms with van der Waals surface area (Å²) >= 11 is 0. The summed E-state index contributed by atoms with van der Waals surface area (Å²) in [6.45, 7) is 9.98. The van der Waals surface area contributed by atoms with Crippen LogP contribution in [0.3, 0.4) is 0 Å². The Morgan fingerprint density at radius 2 is 2.18 bits per heavy atom. The maximum atomic E-state index is 12.0. The fourth-order valence-electron chi connectivity index (χ4n) is 2.14. The highest BCUT2D eigenvalue weighted by Gasteiger charge is 2.16. The first kappa shape index (κ1) is 18.1. The highest BCUT2D eigenvalue weighted by Crippen LogP contribution is 2.09. The summed E-state index contributed by atoms with van der Waals surface area (Å²) in [4.78, 5) is 24.4. The zero-order valence-electron chi connectivity index (χ0n) is 13.5. The molecule has 8 nitrogen and oxygen atoms in total.